The summed E-state index contributed by atoms with van der Waals surface area (Å²) in [5, 5.41) is 0. The first-order chi connectivity index (χ1) is 11.8. The van der Waals surface area contributed by atoms with Gasteiger partial charge in [0.1, 0.15) is 19.0 Å². The Kier molecular flexibility index (Phi) is 6.19. The number of aromatic nitrogens is 1. The number of nitrogens with two attached hydrogens (primary N) is 1. The van der Waals surface area contributed by atoms with E-state index in [4.69, 9.17) is 19.9 Å². The van der Waals surface area contributed by atoms with Gasteiger partial charge in [-0.3, -0.25) is 14.5 Å². The van der Waals surface area contributed by atoms with Crippen molar-refractivity contribution in [3.63, 3.8) is 0 Å². The Morgan fingerprint density at radius 2 is 2.08 bits per heavy atom. The Labute approximate surface area is 147 Å². The number of hydrogen-bond acceptors (Lipinski definition) is 7. The molecule has 2 heterocycles. The Bertz CT molecular complexity index is 633. The van der Waals surface area contributed by atoms with Gasteiger partial charge in [-0.05, 0) is 32.4 Å². The second kappa shape index (κ2) is 8.15. The lowest BCUT2D eigenvalue weighted by atomic mass is 10.1. The molecule has 1 aromatic heterocycles. The number of carbonyl (C=O) groups excluding carboxylic acids is 2. The highest BCUT2D eigenvalue weighted by Gasteiger charge is 2.42. The summed E-state index contributed by atoms with van der Waals surface area (Å²) in [5.74, 6) is -0.0675. The van der Waals surface area contributed by atoms with Crippen molar-refractivity contribution in [2.45, 2.75) is 39.2 Å². The monoisotopic (exact) mass is 351 g/mol. The molecule has 2 N–H and O–H groups in total. The number of unbranched alkanes of at least 4 members (excludes halogenated alkanes) is 1. The summed E-state index contributed by atoms with van der Waals surface area (Å²) in [6.07, 6.45) is 2.01. The molecule has 0 radical (unpaired) electrons. The van der Waals surface area contributed by atoms with Gasteiger partial charge in [-0.15, -0.1) is 0 Å². The van der Waals surface area contributed by atoms with E-state index in [0.717, 1.165) is 12.8 Å². The van der Waals surface area contributed by atoms with Crippen LogP contribution in [0, 0.1) is 0 Å². The first-order valence-electron chi connectivity index (χ1n) is 8.36. The lowest BCUT2D eigenvalue weighted by Gasteiger charge is -2.37. The Hall–Kier alpha value is -2.35. The van der Waals surface area contributed by atoms with Gasteiger partial charge in [0, 0.05) is 6.61 Å². The van der Waals surface area contributed by atoms with Gasteiger partial charge in [-0.1, -0.05) is 13.3 Å². The van der Waals surface area contributed by atoms with Crippen LogP contribution in [0.3, 0.4) is 0 Å². The van der Waals surface area contributed by atoms with Gasteiger partial charge in [0.25, 0.3) is 5.91 Å². The molecule has 0 aromatic carbocycles. The molecular weight excluding hydrogens is 326 g/mol. The first kappa shape index (κ1) is 19.0. The van der Waals surface area contributed by atoms with Crippen LogP contribution in [0.2, 0.25) is 0 Å². The fraction of sp³-hybridized carbons (Fsp3) is 0.588. The predicted molar refractivity (Wildman–Crippen MR) is 92.4 cm³/mol. The summed E-state index contributed by atoms with van der Waals surface area (Å²) in [5.41, 5.74) is 4.59. The lowest BCUT2D eigenvalue weighted by molar-refractivity contribution is -0.145. The van der Waals surface area contributed by atoms with Gasteiger partial charge in [0.2, 0.25) is 0 Å². The van der Waals surface area contributed by atoms with Crippen LogP contribution < -0.4 is 15.4 Å². The van der Waals surface area contributed by atoms with E-state index in [-0.39, 0.29) is 30.7 Å². The van der Waals surface area contributed by atoms with Crippen molar-refractivity contribution < 1.29 is 23.8 Å². The second-order valence-corrected chi connectivity index (χ2v) is 6.25. The molecule has 1 aliphatic heterocycles. The first-order valence-corrected chi connectivity index (χ1v) is 8.36. The Morgan fingerprint density at radius 3 is 2.80 bits per heavy atom. The van der Waals surface area contributed by atoms with Crippen molar-refractivity contribution >= 4 is 23.5 Å². The van der Waals surface area contributed by atoms with E-state index in [1.165, 1.54) is 4.90 Å². The molecule has 0 aliphatic carbocycles. The summed E-state index contributed by atoms with van der Waals surface area (Å²) < 4.78 is 16.1. The highest BCUT2D eigenvalue weighted by Crippen LogP contribution is 2.36. The average Bonchev–Trinajstić information content (AvgIpc) is 2.56. The zero-order valence-electron chi connectivity index (χ0n) is 14.9. The molecule has 138 valence electrons. The Balaban J connectivity index is 1.99. The molecule has 0 fully saturated rings. The number of ether oxygens (including phenoxy) is 3. The lowest BCUT2D eigenvalue weighted by Crippen LogP contribution is -2.54. The van der Waals surface area contributed by atoms with Gasteiger partial charge in [0.15, 0.2) is 17.2 Å². The van der Waals surface area contributed by atoms with Crippen LogP contribution in [-0.4, -0.2) is 48.8 Å². The van der Waals surface area contributed by atoms with Crippen molar-refractivity contribution in [3.05, 3.63) is 12.1 Å². The fourth-order valence-electron chi connectivity index (χ4n) is 2.35. The second-order valence-electron chi connectivity index (χ2n) is 6.25. The van der Waals surface area contributed by atoms with E-state index in [1.54, 1.807) is 26.0 Å². The summed E-state index contributed by atoms with van der Waals surface area (Å²) in [6.45, 7) is 6.19. The van der Waals surface area contributed by atoms with Crippen molar-refractivity contribution in [1.29, 1.82) is 0 Å². The van der Waals surface area contributed by atoms with Gasteiger partial charge >= 0.3 is 5.97 Å². The third-order valence-electron chi connectivity index (χ3n) is 3.66. The quantitative estimate of drug-likeness (QED) is 0.559. The van der Waals surface area contributed by atoms with E-state index >= 15 is 0 Å². The van der Waals surface area contributed by atoms with Gasteiger partial charge < -0.3 is 19.9 Å². The number of pyridine rings is 1. The van der Waals surface area contributed by atoms with Crippen molar-refractivity contribution in [2.75, 3.05) is 37.0 Å². The highest BCUT2D eigenvalue weighted by atomic mass is 16.6. The molecule has 1 amide bonds. The molecule has 0 unspecified atom stereocenters. The number of carbonyl (C=O) groups is 2. The number of rotatable bonds is 8. The minimum Gasteiger partial charge on any atom is -0.474 e. The van der Waals surface area contributed by atoms with Gasteiger partial charge in [-0.25, -0.2) is 4.98 Å². The normalized spacial score (nSPS) is 15.5. The van der Waals surface area contributed by atoms with Crippen molar-refractivity contribution in [2.24, 2.45) is 0 Å². The SMILES string of the molecule is CCCCOCCOC(=O)CN1C(=O)C(C)(C)Oc2ccc(N)nc21. The zero-order chi connectivity index (χ0) is 18.4. The molecule has 1 aliphatic rings. The van der Waals surface area contributed by atoms with Crippen LogP contribution in [0.15, 0.2) is 12.1 Å². The number of nitrogens with zero attached hydrogens (tertiary/aromatic N) is 2. The molecule has 0 saturated heterocycles. The van der Waals surface area contributed by atoms with Crippen molar-refractivity contribution in [3.8, 4) is 5.75 Å². The van der Waals surface area contributed by atoms with Crippen LogP contribution in [-0.2, 0) is 19.1 Å². The number of esters is 1. The molecule has 2 rings (SSSR count). The van der Waals surface area contributed by atoms with E-state index in [1.807, 2.05) is 0 Å². The molecule has 8 heteroatoms. The van der Waals surface area contributed by atoms with Crippen LogP contribution in [0.1, 0.15) is 33.6 Å². The predicted octanol–water partition coefficient (Wildman–Crippen LogP) is 1.53. The number of fused-ring (bicyclic) bond motifs is 1. The van der Waals surface area contributed by atoms with E-state index < -0.39 is 11.6 Å². The van der Waals surface area contributed by atoms with Gasteiger partial charge in [0.05, 0.1) is 6.61 Å². The number of anilines is 2. The minimum absolute atomic E-state index is 0.141. The third kappa shape index (κ3) is 4.82. The number of hydrogen-bond donors (Lipinski definition) is 1. The van der Waals surface area contributed by atoms with Crippen LogP contribution in [0.25, 0.3) is 0 Å². The van der Waals surface area contributed by atoms with Crippen LogP contribution >= 0.6 is 0 Å². The maximum Gasteiger partial charge on any atom is 0.326 e. The topological polar surface area (TPSA) is 104 Å². The maximum absolute atomic E-state index is 12.6. The van der Waals surface area contributed by atoms with Crippen LogP contribution in [0.5, 0.6) is 5.75 Å². The Morgan fingerprint density at radius 1 is 1.32 bits per heavy atom. The summed E-state index contributed by atoms with van der Waals surface area (Å²) >= 11 is 0. The molecule has 0 atom stereocenters. The van der Waals surface area contributed by atoms with E-state index in [2.05, 4.69) is 11.9 Å². The third-order valence-corrected chi connectivity index (χ3v) is 3.66. The minimum atomic E-state index is -1.10. The zero-order valence-corrected chi connectivity index (χ0v) is 14.9. The molecule has 0 saturated carbocycles. The highest BCUT2D eigenvalue weighted by molar-refractivity contribution is 6.04. The largest absolute Gasteiger partial charge is 0.474 e. The van der Waals surface area contributed by atoms with Gasteiger partial charge in [-0.2, -0.15) is 0 Å². The van der Waals surface area contributed by atoms with Crippen LogP contribution in [0.4, 0.5) is 11.6 Å². The average molecular weight is 351 g/mol. The summed E-state index contributed by atoms with van der Waals surface area (Å²) in [6, 6.07) is 3.21. The summed E-state index contributed by atoms with van der Waals surface area (Å²) in [4.78, 5) is 30.0. The summed E-state index contributed by atoms with van der Waals surface area (Å²) in [7, 11) is 0. The van der Waals surface area contributed by atoms with E-state index in [9.17, 15) is 9.59 Å². The standard InChI is InChI=1S/C17H25N3O5/c1-4-5-8-23-9-10-24-14(21)11-20-15-12(6-7-13(18)19-15)25-17(2,3)16(20)22/h6-7H,4-5,8-11H2,1-3H3,(H2,18,19). The number of amides is 1. The molecular formula is C17H25N3O5. The fourth-order valence-corrected chi connectivity index (χ4v) is 2.35. The molecule has 25 heavy (non-hydrogen) atoms. The number of nitrogen functional groups attached to an aromatic ring is 1. The smallest absolute Gasteiger partial charge is 0.326 e. The molecule has 8 nitrogen and oxygen atoms in total. The van der Waals surface area contributed by atoms with Crippen molar-refractivity contribution in [1.82, 2.24) is 4.98 Å². The molecule has 0 bridgehead atoms. The van der Waals surface area contributed by atoms with E-state index in [0.29, 0.717) is 19.0 Å². The molecule has 0 spiro atoms. The molecule has 1 aromatic rings. The maximum atomic E-state index is 12.6.